The third-order valence-corrected chi connectivity index (χ3v) is 2.75. The molecule has 0 heterocycles. The van der Waals surface area contributed by atoms with Crippen molar-refractivity contribution in [1.29, 1.82) is 0 Å². The van der Waals surface area contributed by atoms with Crippen LogP contribution in [0.25, 0.3) is 6.08 Å². The van der Waals surface area contributed by atoms with Crippen molar-refractivity contribution in [1.82, 2.24) is 5.32 Å². The molecule has 1 rings (SSSR count). The van der Waals surface area contributed by atoms with Crippen LogP contribution in [0, 0.1) is 5.92 Å². The quantitative estimate of drug-likeness (QED) is 0.755. The number of aryl methyl sites for hydroxylation is 1. The van der Waals surface area contributed by atoms with Gasteiger partial charge in [-0.3, -0.25) is 4.79 Å². The van der Waals surface area contributed by atoms with Crippen LogP contribution < -0.4 is 5.32 Å². The van der Waals surface area contributed by atoms with Crippen LogP contribution in [0.3, 0.4) is 0 Å². The van der Waals surface area contributed by atoms with Crippen LogP contribution in [0.2, 0.25) is 0 Å². The topological polar surface area (TPSA) is 49.3 Å². The van der Waals surface area contributed by atoms with Crippen molar-refractivity contribution in [2.75, 3.05) is 13.2 Å². The van der Waals surface area contributed by atoms with Gasteiger partial charge in [-0.25, -0.2) is 0 Å². The maximum absolute atomic E-state index is 11.5. The third kappa shape index (κ3) is 5.15. The maximum atomic E-state index is 11.5. The predicted octanol–water partition coefficient (Wildman–Crippen LogP) is 2.01. The number of rotatable bonds is 6. The lowest BCUT2D eigenvalue weighted by Crippen LogP contribution is -2.27. The molecule has 1 amide bonds. The number of aliphatic hydroxyl groups excluding tert-OH is 1. The molecular formula is C15H21NO2. The SMILES string of the molecule is CCc1ccc(C=CC(=O)NCC(C)CO)cc1. The van der Waals surface area contributed by atoms with E-state index < -0.39 is 0 Å². The van der Waals surface area contributed by atoms with Crippen LogP contribution in [0.15, 0.2) is 30.3 Å². The van der Waals surface area contributed by atoms with E-state index in [4.69, 9.17) is 5.11 Å². The standard InChI is InChI=1S/C15H21NO2/c1-3-13-4-6-14(7-5-13)8-9-15(18)16-10-12(2)11-17/h4-9,12,17H,3,10-11H2,1-2H3,(H,16,18). The van der Waals surface area contributed by atoms with E-state index in [1.54, 1.807) is 6.08 Å². The number of hydrogen-bond acceptors (Lipinski definition) is 2. The van der Waals surface area contributed by atoms with Gasteiger partial charge in [0.1, 0.15) is 0 Å². The van der Waals surface area contributed by atoms with Crippen molar-refractivity contribution in [3.63, 3.8) is 0 Å². The van der Waals surface area contributed by atoms with E-state index in [0.29, 0.717) is 6.54 Å². The van der Waals surface area contributed by atoms with Gasteiger partial charge in [-0.05, 0) is 29.5 Å². The van der Waals surface area contributed by atoms with Gasteiger partial charge in [-0.15, -0.1) is 0 Å². The number of aliphatic hydroxyl groups is 1. The highest BCUT2D eigenvalue weighted by atomic mass is 16.3. The lowest BCUT2D eigenvalue weighted by Gasteiger charge is -2.07. The number of benzene rings is 1. The van der Waals surface area contributed by atoms with Crippen molar-refractivity contribution in [2.24, 2.45) is 5.92 Å². The molecule has 0 aromatic heterocycles. The Kier molecular flexibility index (Phi) is 6.15. The Labute approximate surface area is 109 Å². The molecule has 2 N–H and O–H groups in total. The number of nitrogens with one attached hydrogen (secondary N) is 1. The minimum atomic E-state index is -0.130. The maximum Gasteiger partial charge on any atom is 0.244 e. The molecule has 0 saturated carbocycles. The fourth-order valence-electron chi connectivity index (χ4n) is 1.43. The second-order valence-electron chi connectivity index (χ2n) is 4.46. The molecule has 1 atom stereocenters. The van der Waals surface area contributed by atoms with Crippen LogP contribution in [-0.4, -0.2) is 24.2 Å². The molecule has 1 unspecified atom stereocenters. The van der Waals surface area contributed by atoms with E-state index in [0.717, 1.165) is 12.0 Å². The van der Waals surface area contributed by atoms with Gasteiger partial charge in [0.25, 0.3) is 0 Å². The van der Waals surface area contributed by atoms with E-state index in [2.05, 4.69) is 24.4 Å². The monoisotopic (exact) mass is 247 g/mol. The summed E-state index contributed by atoms with van der Waals surface area (Å²) in [6.07, 6.45) is 4.33. The average molecular weight is 247 g/mol. The van der Waals surface area contributed by atoms with E-state index in [-0.39, 0.29) is 18.4 Å². The molecule has 1 aromatic carbocycles. The van der Waals surface area contributed by atoms with Crippen molar-refractivity contribution < 1.29 is 9.90 Å². The first kappa shape index (κ1) is 14.5. The van der Waals surface area contributed by atoms with E-state index in [1.807, 2.05) is 19.1 Å². The summed E-state index contributed by atoms with van der Waals surface area (Å²) in [6, 6.07) is 8.12. The smallest absolute Gasteiger partial charge is 0.244 e. The first-order chi connectivity index (χ1) is 8.65. The second-order valence-corrected chi connectivity index (χ2v) is 4.46. The largest absolute Gasteiger partial charge is 0.396 e. The summed E-state index contributed by atoms with van der Waals surface area (Å²) in [4.78, 5) is 11.5. The Morgan fingerprint density at radius 2 is 2.06 bits per heavy atom. The molecule has 0 aliphatic rings. The highest BCUT2D eigenvalue weighted by molar-refractivity contribution is 5.91. The Morgan fingerprint density at radius 1 is 1.39 bits per heavy atom. The van der Waals surface area contributed by atoms with Crippen LogP contribution in [-0.2, 0) is 11.2 Å². The number of amides is 1. The van der Waals surface area contributed by atoms with Crippen LogP contribution in [0.5, 0.6) is 0 Å². The first-order valence-corrected chi connectivity index (χ1v) is 6.31. The molecule has 18 heavy (non-hydrogen) atoms. The summed E-state index contributed by atoms with van der Waals surface area (Å²) in [6.45, 7) is 4.57. The number of carbonyl (C=O) groups excluding carboxylic acids is 1. The van der Waals surface area contributed by atoms with Gasteiger partial charge in [0.15, 0.2) is 0 Å². The van der Waals surface area contributed by atoms with Crippen LogP contribution in [0.1, 0.15) is 25.0 Å². The zero-order chi connectivity index (χ0) is 13.4. The minimum Gasteiger partial charge on any atom is -0.396 e. The van der Waals surface area contributed by atoms with Gasteiger partial charge in [0.2, 0.25) is 5.91 Å². The molecule has 0 bridgehead atoms. The molecule has 0 aliphatic heterocycles. The summed E-state index contributed by atoms with van der Waals surface area (Å²) < 4.78 is 0. The second kappa shape index (κ2) is 7.67. The van der Waals surface area contributed by atoms with Gasteiger partial charge < -0.3 is 10.4 Å². The molecule has 3 heteroatoms. The highest BCUT2D eigenvalue weighted by Crippen LogP contribution is 2.06. The molecular weight excluding hydrogens is 226 g/mol. The first-order valence-electron chi connectivity index (χ1n) is 6.31. The molecule has 0 fully saturated rings. The van der Waals surface area contributed by atoms with Gasteiger partial charge in [0.05, 0.1) is 0 Å². The van der Waals surface area contributed by atoms with Crippen molar-refractivity contribution in [3.05, 3.63) is 41.5 Å². The van der Waals surface area contributed by atoms with Gasteiger partial charge in [-0.2, -0.15) is 0 Å². The zero-order valence-corrected chi connectivity index (χ0v) is 11.0. The predicted molar refractivity (Wildman–Crippen MR) is 74.1 cm³/mol. The Bertz CT molecular complexity index is 395. The van der Waals surface area contributed by atoms with E-state index in [9.17, 15) is 4.79 Å². The van der Waals surface area contributed by atoms with E-state index >= 15 is 0 Å². The van der Waals surface area contributed by atoms with Crippen molar-refractivity contribution in [2.45, 2.75) is 20.3 Å². The summed E-state index contributed by atoms with van der Waals surface area (Å²) in [5.41, 5.74) is 2.30. The van der Waals surface area contributed by atoms with Gasteiger partial charge in [-0.1, -0.05) is 38.1 Å². The summed E-state index contributed by atoms with van der Waals surface area (Å²) >= 11 is 0. The Hall–Kier alpha value is -1.61. The number of hydrogen-bond donors (Lipinski definition) is 2. The fraction of sp³-hybridized carbons (Fsp3) is 0.400. The summed E-state index contributed by atoms with van der Waals surface area (Å²) in [5, 5.41) is 11.6. The molecule has 0 aliphatic carbocycles. The Balaban J connectivity index is 2.45. The molecule has 0 spiro atoms. The lowest BCUT2D eigenvalue weighted by atomic mass is 10.1. The molecule has 1 aromatic rings. The molecule has 98 valence electrons. The van der Waals surface area contributed by atoms with Crippen LogP contribution in [0.4, 0.5) is 0 Å². The normalized spacial score (nSPS) is 12.6. The highest BCUT2D eigenvalue weighted by Gasteiger charge is 2.01. The van der Waals surface area contributed by atoms with Crippen molar-refractivity contribution >= 4 is 12.0 Å². The fourth-order valence-corrected chi connectivity index (χ4v) is 1.43. The summed E-state index contributed by atoms with van der Waals surface area (Å²) in [7, 11) is 0. The van der Waals surface area contributed by atoms with Gasteiger partial charge >= 0.3 is 0 Å². The number of carbonyl (C=O) groups is 1. The molecule has 0 radical (unpaired) electrons. The average Bonchev–Trinajstić information content (AvgIpc) is 2.42. The van der Waals surface area contributed by atoms with Crippen molar-refractivity contribution in [3.8, 4) is 0 Å². The summed E-state index contributed by atoms with van der Waals surface area (Å²) in [5.74, 6) is -0.0407. The lowest BCUT2D eigenvalue weighted by molar-refractivity contribution is -0.116. The van der Waals surface area contributed by atoms with Gasteiger partial charge in [0, 0.05) is 19.2 Å². The third-order valence-electron chi connectivity index (χ3n) is 2.75. The van der Waals surface area contributed by atoms with E-state index in [1.165, 1.54) is 11.6 Å². The zero-order valence-electron chi connectivity index (χ0n) is 11.0. The molecule has 0 saturated heterocycles. The molecule has 3 nitrogen and oxygen atoms in total. The Morgan fingerprint density at radius 3 is 2.61 bits per heavy atom. The van der Waals surface area contributed by atoms with Crippen LogP contribution >= 0.6 is 0 Å². The minimum absolute atomic E-state index is 0.0858.